The third kappa shape index (κ3) is 4.46. The van der Waals surface area contributed by atoms with Gasteiger partial charge in [0.15, 0.2) is 10.8 Å². The van der Waals surface area contributed by atoms with Crippen molar-refractivity contribution in [1.29, 1.82) is 0 Å². The van der Waals surface area contributed by atoms with Gasteiger partial charge in [0.1, 0.15) is 16.9 Å². The fraction of sp³-hybridized carbons (Fsp3) is 0.261. The number of aryl methyl sites for hydroxylation is 1. The molecule has 0 saturated heterocycles. The van der Waals surface area contributed by atoms with Crippen molar-refractivity contribution >= 4 is 52.0 Å². The van der Waals surface area contributed by atoms with E-state index >= 15 is 0 Å². The van der Waals surface area contributed by atoms with E-state index in [9.17, 15) is 14.4 Å². The van der Waals surface area contributed by atoms with Gasteiger partial charge in [0.05, 0.1) is 24.5 Å². The van der Waals surface area contributed by atoms with Crippen LogP contribution in [0.25, 0.3) is 16.6 Å². The van der Waals surface area contributed by atoms with Crippen molar-refractivity contribution in [2.75, 3.05) is 24.3 Å². The summed E-state index contributed by atoms with van der Waals surface area (Å²) in [6, 6.07) is 11.6. The molecule has 0 spiro atoms. The number of para-hydroxylation sites is 1. The van der Waals surface area contributed by atoms with Gasteiger partial charge in [-0.3, -0.25) is 14.5 Å². The highest BCUT2D eigenvalue weighted by Crippen LogP contribution is 2.29. The minimum absolute atomic E-state index is 0.0409. The zero-order chi connectivity index (χ0) is 24.2. The number of anilines is 1. The molecule has 3 heterocycles. The molecule has 11 heteroatoms. The molecular formula is C23H22N4O6S. The number of nitrogens with zero attached hydrogens (tertiary/aromatic N) is 3. The number of hydrogen-bond donors (Lipinski definition) is 1. The number of ether oxygens (including phenoxy) is 2. The number of furan rings is 1. The highest BCUT2D eigenvalue weighted by Gasteiger charge is 2.31. The number of amides is 1. The first-order valence-electron chi connectivity index (χ1n) is 10.6. The van der Waals surface area contributed by atoms with Crippen molar-refractivity contribution in [3.8, 4) is 0 Å². The van der Waals surface area contributed by atoms with E-state index in [-0.39, 0.29) is 41.7 Å². The second-order valence-corrected chi connectivity index (χ2v) is 8.03. The highest BCUT2D eigenvalue weighted by atomic mass is 32.2. The van der Waals surface area contributed by atoms with E-state index in [4.69, 9.17) is 13.9 Å². The molecule has 0 aliphatic carbocycles. The van der Waals surface area contributed by atoms with Gasteiger partial charge in [-0.1, -0.05) is 30.0 Å². The number of carbonyl (C=O) groups is 3. The number of fused-ring (bicyclic) bond motifs is 3. The largest absolute Gasteiger partial charge is 0.462 e. The second-order valence-electron chi connectivity index (χ2n) is 7.08. The van der Waals surface area contributed by atoms with Crippen LogP contribution in [-0.4, -0.2) is 51.4 Å². The van der Waals surface area contributed by atoms with Crippen molar-refractivity contribution in [3.05, 3.63) is 53.3 Å². The number of carbonyl (C=O) groups excluding carboxylic acids is 3. The van der Waals surface area contributed by atoms with Crippen molar-refractivity contribution < 1.29 is 28.3 Å². The molecule has 3 aromatic heterocycles. The maximum absolute atomic E-state index is 12.7. The van der Waals surface area contributed by atoms with Gasteiger partial charge in [0.2, 0.25) is 11.8 Å². The molecule has 0 saturated carbocycles. The Balaban J connectivity index is 1.57. The molecule has 0 bridgehead atoms. The summed E-state index contributed by atoms with van der Waals surface area (Å²) in [5.74, 6) is -2.05. The predicted octanol–water partition coefficient (Wildman–Crippen LogP) is 3.87. The van der Waals surface area contributed by atoms with Crippen LogP contribution in [-0.2, 0) is 14.3 Å². The first kappa shape index (κ1) is 23.3. The summed E-state index contributed by atoms with van der Waals surface area (Å²) < 4.78 is 17.5. The lowest BCUT2D eigenvalue weighted by molar-refractivity contribution is -0.113. The molecule has 0 aliphatic rings. The van der Waals surface area contributed by atoms with E-state index in [1.165, 1.54) is 18.7 Å². The number of thioether (sulfide) groups is 1. The van der Waals surface area contributed by atoms with Crippen molar-refractivity contribution in [1.82, 2.24) is 14.6 Å². The van der Waals surface area contributed by atoms with E-state index in [0.717, 1.165) is 10.9 Å². The minimum Gasteiger partial charge on any atom is -0.462 e. The summed E-state index contributed by atoms with van der Waals surface area (Å²) in [4.78, 5) is 37.7. The third-order valence-electron chi connectivity index (χ3n) is 4.88. The molecule has 176 valence electrons. The summed E-state index contributed by atoms with van der Waals surface area (Å²) in [6.45, 7) is 4.99. The van der Waals surface area contributed by atoms with Crippen LogP contribution < -0.4 is 5.32 Å². The molecule has 1 N–H and O–H groups in total. The minimum atomic E-state index is -0.791. The van der Waals surface area contributed by atoms with Crippen LogP contribution in [0.3, 0.4) is 0 Å². The van der Waals surface area contributed by atoms with Crippen LogP contribution in [0, 0.1) is 6.92 Å². The standard InChI is InChI=1S/C23H22N4O6S/c1-4-31-21(29)18-13(3)33-20(19(18)22(30)32-5-2)24-17(28)12-34-23-26-25-16-11-10-14-8-6-7-9-15(14)27(16)23/h6-11H,4-5,12H2,1-3H3,(H,24,28). The highest BCUT2D eigenvalue weighted by molar-refractivity contribution is 7.99. The maximum Gasteiger partial charge on any atom is 0.344 e. The number of nitrogens with one attached hydrogen (secondary N) is 1. The Bertz CT molecular complexity index is 1390. The first-order valence-corrected chi connectivity index (χ1v) is 11.6. The monoisotopic (exact) mass is 482 g/mol. The normalized spacial score (nSPS) is 11.0. The molecule has 4 rings (SSSR count). The lowest BCUT2D eigenvalue weighted by Crippen LogP contribution is -2.18. The lowest BCUT2D eigenvalue weighted by Gasteiger charge is -2.07. The Kier molecular flexibility index (Phi) is 6.82. The summed E-state index contributed by atoms with van der Waals surface area (Å²) in [5.41, 5.74) is 1.33. The number of esters is 2. The molecule has 34 heavy (non-hydrogen) atoms. The molecule has 10 nitrogen and oxygen atoms in total. The summed E-state index contributed by atoms with van der Waals surface area (Å²) >= 11 is 1.18. The Morgan fingerprint density at radius 3 is 2.44 bits per heavy atom. The fourth-order valence-corrected chi connectivity index (χ4v) is 4.23. The lowest BCUT2D eigenvalue weighted by atomic mass is 10.1. The predicted molar refractivity (Wildman–Crippen MR) is 125 cm³/mol. The first-order chi connectivity index (χ1) is 16.4. The second kappa shape index (κ2) is 9.96. The van der Waals surface area contributed by atoms with E-state index in [1.54, 1.807) is 13.8 Å². The van der Waals surface area contributed by atoms with Gasteiger partial charge in [-0.25, -0.2) is 9.59 Å². The molecule has 0 atom stereocenters. The number of rotatable bonds is 8. The van der Waals surface area contributed by atoms with Crippen LogP contribution in [0.5, 0.6) is 0 Å². The van der Waals surface area contributed by atoms with Crippen LogP contribution in [0.2, 0.25) is 0 Å². The number of pyridine rings is 1. The number of hydrogen-bond acceptors (Lipinski definition) is 9. The Morgan fingerprint density at radius 2 is 1.71 bits per heavy atom. The van der Waals surface area contributed by atoms with Gasteiger partial charge in [0.25, 0.3) is 0 Å². The molecule has 0 aliphatic heterocycles. The van der Waals surface area contributed by atoms with Gasteiger partial charge < -0.3 is 13.9 Å². The zero-order valence-electron chi connectivity index (χ0n) is 18.8. The van der Waals surface area contributed by atoms with Crippen molar-refractivity contribution in [2.45, 2.75) is 25.9 Å². The van der Waals surface area contributed by atoms with Crippen molar-refractivity contribution in [2.24, 2.45) is 0 Å². The molecule has 0 unspecified atom stereocenters. The Hall–Kier alpha value is -3.86. The van der Waals surface area contributed by atoms with E-state index in [0.29, 0.717) is 10.8 Å². The quantitative estimate of drug-likeness (QED) is 0.294. The van der Waals surface area contributed by atoms with Crippen LogP contribution in [0.1, 0.15) is 40.3 Å². The fourth-order valence-electron chi connectivity index (χ4n) is 3.48. The maximum atomic E-state index is 12.7. The van der Waals surface area contributed by atoms with Gasteiger partial charge >= 0.3 is 11.9 Å². The van der Waals surface area contributed by atoms with Gasteiger partial charge in [-0.15, -0.1) is 10.2 Å². The topological polar surface area (TPSA) is 125 Å². The van der Waals surface area contributed by atoms with Gasteiger partial charge in [-0.05, 0) is 44.4 Å². The molecule has 4 aromatic rings. The Morgan fingerprint density at radius 1 is 1.00 bits per heavy atom. The van der Waals surface area contributed by atoms with E-state index in [2.05, 4.69) is 15.5 Å². The Labute approximate surface area is 198 Å². The SMILES string of the molecule is CCOC(=O)c1c(C)oc(NC(=O)CSc2nnc3ccc4ccccc4n23)c1C(=O)OCC. The number of benzene rings is 1. The van der Waals surface area contributed by atoms with Gasteiger partial charge in [-0.2, -0.15) is 0 Å². The molecular weight excluding hydrogens is 460 g/mol. The zero-order valence-corrected chi connectivity index (χ0v) is 19.6. The van der Waals surface area contributed by atoms with Crippen LogP contribution >= 0.6 is 11.8 Å². The van der Waals surface area contributed by atoms with Crippen LogP contribution in [0.15, 0.2) is 46.0 Å². The summed E-state index contributed by atoms with van der Waals surface area (Å²) in [5, 5.41) is 12.5. The molecule has 0 fully saturated rings. The van der Waals surface area contributed by atoms with Crippen LogP contribution in [0.4, 0.5) is 5.88 Å². The number of aromatic nitrogens is 3. The smallest absolute Gasteiger partial charge is 0.344 e. The summed E-state index contributed by atoms with van der Waals surface area (Å²) in [6.07, 6.45) is 0. The van der Waals surface area contributed by atoms with E-state index in [1.807, 2.05) is 40.8 Å². The third-order valence-corrected chi connectivity index (χ3v) is 5.81. The van der Waals surface area contributed by atoms with Gasteiger partial charge in [0, 0.05) is 0 Å². The molecule has 0 radical (unpaired) electrons. The van der Waals surface area contributed by atoms with E-state index < -0.39 is 17.8 Å². The molecule has 1 amide bonds. The van der Waals surface area contributed by atoms with Crippen molar-refractivity contribution in [3.63, 3.8) is 0 Å². The molecule has 1 aromatic carbocycles. The average Bonchev–Trinajstić information content (AvgIpc) is 3.38. The average molecular weight is 483 g/mol. The summed E-state index contributed by atoms with van der Waals surface area (Å²) in [7, 11) is 0.